The summed E-state index contributed by atoms with van der Waals surface area (Å²) in [6.45, 7) is 0.428. The Morgan fingerprint density at radius 3 is 2.71 bits per heavy atom. The van der Waals surface area contributed by atoms with Crippen LogP contribution >= 0.6 is 23.2 Å². The van der Waals surface area contributed by atoms with Gasteiger partial charge in [-0.3, -0.25) is 0 Å². The van der Waals surface area contributed by atoms with E-state index in [-0.39, 0.29) is 6.03 Å². The van der Waals surface area contributed by atoms with Crippen LogP contribution in [0.4, 0.5) is 10.5 Å². The summed E-state index contributed by atoms with van der Waals surface area (Å²) in [5.74, 6) is 0.385. The average molecular weight is 233 g/mol. The van der Waals surface area contributed by atoms with E-state index in [1.165, 1.54) is 0 Å². The number of para-hydroxylation sites is 1. The molecule has 0 fully saturated rings. The van der Waals surface area contributed by atoms with Gasteiger partial charge in [0.1, 0.15) is 0 Å². The monoisotopic (exact) mass is 232 g/mol. The Balaban J connectivity index is 2.52. The van der Waals surface area contributed by atoms with Crippen LogP contribution in [-0.2, 0) is 0 Å². The van der Waals surface area contributed by atoms with Crippen molar-refractivity contribution in [3.63, 3.8) is 0 Å². The second-order valence-corrected chi connectivity index (χ2v) is 3.33. The first kappa shape index (κ1) is 11.1. The van der Waals surface area contributed by atoms with Crippen LogP contribution in [0.3, 0.4) is 0 Å². The lowest BCUT2D eigenvalue weighted by molar-refractivity contribution is 0.252. The zero-order valence-corrected chi connectivity index (χ0v) is 8.90. The second kappa shape index (κ2) is 5.73. The van der Waals surface area contributed by atoms with Gasteiger partial charge in [-0.15, -0.1) is 11.6 Å². The number of alkyl halides is 1. The molecule has 0 saturated carbocycles. The minimum Gasteiger partial charge on any atom is -0.337 e. The molecule has 0 aliphatic heterocycles. The molecule has 1 aromatic rings. The molecule has 1 rings (SSSR count). The van der Waals surface area contributed by atoms with Gasteiger partial charge in [0.05, 0.1) is 10.7 Å². The molecule has 0 unspecified atom stereocenters. The molecular weight excluding hydrogens is 223 g/mol. The number of nitrogens with one attached hydrogen (secondary N) is 2. The molecule has 2 amide bonds. The molecule has 0 atom stereocenters. The van der Waals surface area contributed by atoms with Crippen molar-refractivity contribution in [2.24, 2.45) is 0 Å². The zero-order valence-electron chi connectivity index (χ0n) is 7.39. The predicted molar refractivity (Wildman–Crippen MR) is 59.2 cm³/mol. The molecule has 3 nitrogen and oxygen atoms in total. The summed E-state index contributed by atoms with van der Waals surface area (Å²) in [6, 6.07) is 6.72. The van der Waals surface area contributed by atoms with E-state index in [2.05, 4.69) is 10.6 Å². The van der Waals surface area contributed by atoms with Crippen LogP contribution < -0.4 is 10.6 Å². The first-order chi connectivity index (χ1) is 6.74. The van der Waals surface area contributed by atoms with Crippen LogP contribution in [0.5, 0.6) is 0 Å². The largest absolute Gasteiger partial charge is 0.337 e. The van der Waals surface area contributed by atoms with Gasteiger partial charge in [0.25, 0.3) is 0 Å². The maximum Gasteiger partial charge on any atom is 0.319 e. The smallest absolute Gasteiger partial charge is 0.319 e. The number of urea groups is 1. The minimum atomic E-state index is -0.307. The fourth-order valence-electron chi connectivity index (χ4n) is 0.890. The maximum absolute atomic E-state index is 11.2. The summed E-state index contributed by atoms with van der Waals surface area (Å²) in [5, 5.41) is 5.68. The fraction of sp³-hybridized carbons (Fsp3) is 0.222. The van der Waals surface area contributed by atoms with Crippen LogP contribution in [0.15, 0.2) is 24.3 Å². The number of hydrogen-bond donors (Lipinski definition) is 2. The molecule has 0 aromatic heterocycles. The van der Waals surface area contributed by atoms with E-state index in [4.69, 9.17) is 23.2 Å². The summed E-state index contributed by atoms with van der Waals surface area (Å²) in [6.07, 6.45) is 0. The van der Waals surface area contributed by atoms with Crippen molar-refractivity contribution in [3.05, 3.63) is 29.3 Å². The molecule has 0 aliphatic rings. The minimum absolute atomic E-state index is 0.307. The van der Waals surface area contributed by atoms with Gasteiger partial charge in [0.15, 0.2) is 0 Å². The van der Waals surface area contributed by atoms with Crippen molar-refractivity contribution >= 4 is 34.9 Å². The third-order valence-electron chi connectivity index (χ3n) is 1.50. The number of amides is 2. The maximum atomic E-state index is 11.2. The van der Waals surface area contributed by atoms with Crippen LogP contribution in [0, 0.1) is 0 Å². The highest BCUT2D eigenvalue weighted by Gasteiger charge is 2.02. The quantitative estimate of drug-likeness (QED) is 0.774. The molecule has 0 saturated heterocycles. The molecule has 0 radical (unpaired) electrons. The molecule has 5 heteroatoms. The van der Waals surface area contributed by atoms with E-state index in [1.54, 1.807) is 24.3 Å². The normalized spacial score (nSPS) is 9.57. The summed E-state index contributed by atoms with van der Waals surface area (Å²) >= 11 is 11.2. The Bertz CT molecular complexity index is 317. The summed E-state index contributed by atoms with van der Waals surface area (Å²) in [5.41, 5.74) is 0.584. The van der Waals surface area contributed by atoms with E-state index in [0.717, 1.165) is 0 Å². The topological polar surface area (TPSA) is 41.1 Å². The van der Waals surface area contributed by atoms with Gasteiger partial charge in [-0.25, -0.2) is 4.79 Å². The Morgan fingerprint density at radius 1 is 1.36 bits per heavy atom. The third-order valence-corrected chi connectivity index (χ3v) is 2.02. The summed E-state index contributed by atoms with van der Waals surface area (Å²) < 4.78 is 0. The number of anilines is 1. The van der Waals surface area contributed by atoms with E-state index < -0.39 is 0 Å². The highest BCUT2D eigenvalue weighted by Crippen LogP contribution is 2.19. The molecule has 14 heavy (non-hydrogen) atoms. The van der Waals surface area contributed by atoms with Crippen molar-refractivity contribution in [2.45, 2.75) is 0 Å². The fourth-order valence-corrected chi connectivity index (χ4v) is 1.17. The number of benzene rings is 1. The number of carbonyl (C=O) groups excluding carboxylic acids is 1. The van der Waals surface area contributed by atoms with Crippen LogP contribution in [-0.4, -0.2) is 18.5 Å². The molecule has 76 valence electrons. The van der Waals surface area contributed by atoms with Gasteiger partial charge >= 0.3 is 6.03 Å². The van der Waals surface area contributed by atoms with Crippen LogP contribution in [0.25, 0.3) is 0 Å². The lowest BCUT2D eigenvalue weighted by atomic mass is 10.3. The SMILES string of the molecule is O=C(NCCCl)Nc1ccccc1Cl. The first-order valence-corrected chi connectivity index (χ1v) is 5.00. The highest BCUT2D eigenvalue weighted by molar-refractivity contribution is 6.33. The average Bonchev–Trinajstić information content (AvgIpc) is 2.18. The first-order valence-electron chi connectivity index (χ1n) is 4.09. The Labute approximate surface area is 92.4 Å². The number of hydrogen-bond acceptors (Lipinski definition) is 1. The molecule has 2 N–H and O–H groups in total. The van der Waals surface area contributed by atoms with Crippen LogP contribution in [0.2, 0.25) is 5.02 Å². The van der Waals surface area contributed by atoms with E-state index >= 15 is 0 Å². The van der Waals surface area contributed by atoms with Crippen molar-refractivity contribution < 1.29 is 4.79 Å². The van der Waals surface area contributed by atoms with E-state index in [0.29, 0.717) is 23.1 Å². The predicted octanol–water partition coefficient (Wildman–Crippen LogP) is 2.70. The van der Waals surface area contributed by atoms with Gasteiger partial charge in [-0.05, 0) is 12.1 Å². The van der Waals surface area contributed by atoms with Gasteiger partial charge in [0, 0.05) is 12.4 Å². The Hall–Kier alpha value is -0.930. The third kappa shape index (κ3) is 3.44. The number of carbonyl (C=O) groups is 1. The highest BCUT2D eigenvalue weighted by atomic mass is 35.5. The second-order valence-electron chi connectivity index (χ2n) is 2.55. The van der Waals surface area contributed by atoms with Crippen LogP contribution in [0.1, 0.15) is 0 Å². The lowest BCUT2D eigenvalue weighted by Gasteiger charge is -2.07. The molecule has 0 bridgehead atoms. The Morgan fingerprint density at radius 2 is 2.07 bits per heavy atom. The van der Waals surface area contributed by atoms with Crippen molar-refractivity contribution in [2.75, 3.05) is 17.7 Å². The number of rotatable bonds is 3. The van der Waals surface area contributed by atoms with E-state index in [9.17, 15) is 4.79 Å². The van der Waals surface area contributed by atoms with Gasteiger partial charge in [0.2, 0.25) is 0 Å². The standard InChI is InChI=1S/C9H10Cl2N2O/c10-5-6-12-9(14)13-8-4-2-1-3-7(8)11/h1-4H,5-6H2,(H2,12,13,14). The van der Waals surface area contributed by atoms with E-state index in [1.807, 2.05) is 0 Å². The number of halogens is 2. The molecular formula is C9H10Cl2N2O. The summed E-state index contributed by atoms with van der Waals surface area (Å²) in [4.78, 5) is 11.2. The van der Waals surface area contributed by atoms with Crippen molar-refractivity contribution in [1.29, 1.82) is 0 Å². The zero-order chi connectivity index (χ0) is 10.4. The van der Waals surface area contributed by atoms with Gasteiger partial charge in [-0.1, -0.05) is 23.7 Å². The Kier molecular flexibility index (Phi) is 4.56. The van der Waals surface area contributed by atoms with Crippen molar-refractivity contribution in [3.8, 4) is 0 Å². The van der Waals surface area contributed by atoms with Gasteiger partial charge < -0.3 is 10.6 Å². The summed E-state index contributed by atoms with van der Waals surface area (Å²) in [7, 11) is 0. The molecule has 1 aromatic carbocycles. The lowest BCUT2D eigenvalue weighted by Crippen LogP contribution is -2.30. The van der Waals surface area contributed by atoms with Gasteiger partial charge in [-0.2, -0.15) is 0 Å². The van der Waals surface area contributed by atoms with Crippen molar-refractivity contribution in [1.82, 2.24) is 5.32 Å². The molecule has 0 aliphatic carbocycles. The molecule has 0 heterocycles. The molecule has 0 spiro atoms.